The van der Waals surface area contributed by atoms with Crippen LogP contribution in [0.5, 0.6) is 0 Å². The fourth-order valence-electron chi connectivity index (χ4n) is 4.25. The number of aliphatic imine (C=N–C) groups is 1. The molecule has 3 aromatic carbocycles. The van der Waals surface area contributed by atoms with E-state index in [2.05, 4.69) is 27.0 Å². The molecule has 0 radical (unpaired) electrons. The third-order valence-electron chi connectivity index (χ3n) is 6.18. The van der Waals surface area contributed by atoms with Crippen molar-refractivity contribution in [1.82, 2.24) is 13.9 Å². The Morgan fingerprint density at radius 3 is 2.49 bits per heavy atom. The van der Waals surface area contributed by atoms with Gasteiger partial charge in [0.2, 0.25) is 0 Å². The van der Waals surface area contributed by atoms with Gasteiger partial charge in [0.15, 0.2) is 0 Å². The Hall–Kier alpha value is -4.65. The molecule has 0 aliphatic rings. The van der Waals surface area contributed by atoms with Crippen molar-refractivity contribution in [2.24, 2.45) is 19.1 Å². The number of carbonyl (C=O) groups is 1. The Morgan fingerprint density at radius 1 is 0.943 bits per heavy atom. The minimum atomic E-state index is -0.363. The number of fused-ring (bicyclic) bond motifs is 1. The van der Waals surface area contributed by atoms with E-state index >= 15 is 0 Å². The van der Waals surface area contributed by atoms with Crippen LogP contribution in [0, 0.1) is 6.92 Å². The summed E-state index contributed by atoms with van der Waals surface area (Å²) in [5.41, 5.74) is 4.57. The summed E-state index contributed by atoms with van der Waals surface area (Å²) in [6.45, 7) is 1.81. The van der Waals surface area contributed by atoms with Crippen LogP contribution in [-0.4, -0.2) is 26.1 Å². The fourth-order valence-corrected chi connectivity index (χ4v) is 4.25. The van der Waals surface area contributed by atoms with Crippen molar-refractivity contribution in [2.45, 2.75) is 6.92 Å². The van der Waals surface area contributed by atoms with Gasteiger partial charge in [-0.25, -0.2) is 4.68 Å². The zero-order valence-corrected chi connectivity index (χ0v) is 19.8. The van der Waals surface area contributed by atoms with Crippen LogP contribution in [0.3, 0.4) is 0 Å². The summed E-state index contributed by atoms with van der Waals surface area (Å²) in [7, 11) is 3.80. The molecule has 0 aliphatic carbocycles. The third kappa shape index (κ3) is 4.08. The molecule has 35 heavy (non-hydrogen) atoms. The second kappa shape index (κ2) is 8.95. The summed E-state index contributed by atoms with van der Waals surface area (Å²) in [5.74, 6) is -0.363. The Bertz CT molecular complexity index is 1640. The molecule has 1 amide bonds. The van der Waals surface area contributed by atoms with Crippen LogP contribution in [0.1, 0.15) is 21.6 Å². The minimum Gasteiger partial charge on any atom is -0.350 e. The molecule has 0 saturated heterocycles. The number of amides is 1. The number of aromatic nitrogens is 3. The lowest BCUT2D eigenvalue weighted by atomic mass is 10.1. The van der Waals surface area contributed by atoms with Gasteiger partial charge in [0.05, 0.1) is 17.1 Å². The van der Waals surface area contributed by atoms with E-state index in [4.69, 9.17) is 0 Å². The molecule has 5 aromatic rings. The Labute approximate surface area is 202 Å². The SMILES string of the molecule is Cc1c(NC(=O)c2cccc(N=Cc3cn(C)c4ccccc34)c2)c(=O)n(-c2ccccc2)n1C. The van der Waals surface area contributed by atoms with Crippen molar-refractivity contribution in [2.75, 3.05) is 5.32 Å². The number of rotatable bonds is 5. The van der Waals surface area contributed by atoms with Crippen LogP contribution in [0.2, 0.25) is 0 Å². The van der Waals surface area contributed by atoms with Gasteiger partial charge in [0.25, 0.3) is 11.5 Å². The van der Waals surface area contributed by atoms with Gasteiger partial charge in [-0.2, -0.15) is 0 Å². The molecule has 2 aromatic heterocycles. The van der Waals surface area contributed by atoms with Crippen LogP contribution in [0.25, 0.3) is 16.6 Å². The second-order valence-corrected chi connectivity index (χ2v) is 8.41. The second-order valence-electron chi connectivity index (χ2n) is 8.41. The monoisotopic (exact) mass is 463 g/mol. The number of benzene rings is 3. The highest BCUT2D eigenvalue weighted by molar-refractivity contribution is 6.05. The highest BCUT2D eigenvalue weighted by Gasteiger charge is 2.19. The summed E-state index contributed by atoms with van der Waals surface area (Å²) >= 11 is 0. The molecule has 0 atom stereocenters. The maximum Gasteiger partial charge on any atom is 0.295 e. The van der Waals surface area contributed by atoms with Crippen molar-refractivity contribution in [3.63, 3.8) is 0 Å². The van der Waals surface area contributed by atoms with Gasteiger partial charge in [-0.05, 0) is 43.3 Å². The molecular formula is C28H25N5O2. The molecule has 0 spiro atoms. The minimum absolute atomic E-state index is 0.256. The molecule has 0 bridgehead atoms. The van der Waals surface area contributed by atoms with Gasteiger partial charge in [-0.15, -0.1) is 0 Å². The fraction of sp³-hybridized carbons (Fsp3) is 0.107. The van der Waals surface area contributed by atoms with E-state index in [1.807, 2.05) is 61.8 Å². The molecule has 0 aliphatic heterocycles. The van der Waals surface area contributed by atoms with Gasteiger partial charge < -0.3 is 9.88 Å². The van der Waals surface area contributed by atoms with Gasteiger partial charge >= 0.3 is 0 Å². The predicted octanol–water partition coefficient (Wildman–Crippen LogP) is 4.98. The number of anilines is 1. The highest BCUT2D eigenvalue weighted by atomic mass is 16.2. The summed E-state index contributed by atoms with van der Waals surface area (Å²) < 4.78 is 5.33. The third-order valence-corrected chi connectivity index (χ3v) is 6.18. The van der Waals surface area contributed by atoms with Crippen LogP contribution in [-0.2, 0) is 14.1 Å². The maximum absolute atomic E-state index is 13.1. The smallest absolute Gasteiger partial charge is 0.295 e. The van der Waals surface area contributed by atoms with E-state index in [-0.39, 0.29) is 17.2 Å². The van der Waals surface area contributed by atoms with E-state index in [0.717, 1.165) is 22.2 Å². The number of aryl methyl sites for hydroxylation is 1. The Balaban J connectivity index is 1.41. The van der Waals surface area contributed by atoms with Gasteiger partial charge in [-0.3, -0.25) is 19.3 Å². The Kier molecular flexibility index (Phi) is 5.66. The number of hydrogen-bond donors (Lipinski definition) is 1. The Morgan fingerprint density at radius 2 is 1.69 bits per heavy atom. The van der Waals surface area contributed by atoms with Crippen molar-refractivity contribution in [3.05, 3.63) is 112 Å². The molecule has 0 fully saturated rings. The van der Waals surface area contributed by atoms with Crippen molar-refractivity contribution in [1.29, 1.82) is 0 Å². The molecular weight excluding hydrogens is 438 g/mol. The van der Waals surface area contributed by atoms with Crippen LogP contribution in [0.4, 0.5) is 11.4 Å². The van der Waals surface area contributed by atoms with E-state index < -0.39 is 0 Å². The highest BCUT2D eigenvalue weighted by Crippen LogP contribution is 2.21. The van der Waals surface area contributed by atoms with Crippen molar-refractivity contribution < 1.29 is 4.79 Å². The summed E-state index contributed by atoms with van der Waals surface area (Å²) in [5, 5.41) is 3.92. The zero-order valence-electron chi connectivity index (χ0n) is 19.8. The zero-order chi connectivity index (χ0) is 24.5. The number of hydrogen-bond acceptors (Lipinski definition) is 3. The van der Waals surface area contributed by atoms with E-state index in [0.29, 0.717) is 16.9 Å². The largest absolute Gasteiger partial charge is 0.350 e. The average molecular weight is 464 g/mol. The van der Waals surface area contributed by atoms with Gasteiger partial charge in [0.1, 0.15) is 5.69 Å². The van der Waals surface area contributed by atoms with Crippen molar-refractivity contribution in [3.8, 4) is 5.69 Å². The van der Waals surface area contributed by atoms with Crippen molar-refractivity contribution >= 4 is 34.4 Å². The molecule has 2 heterocycles. The lowest BCUT2D eigenvalue weighted by molar-refractivity contribution is 0.102. The van der Waals surface area contributed by atoms with Crippen LogP contribution in [0.15, 0.2) is 94.8 Å². The van der Waals surface area contributed by atoms with Crippen LogP contribution < -0.4 is 10.9 Å². The summed E-state index contributed by atoms with van der Waals surface area (Å²) in [6, 6.07) is 24.5. The van der Waals surface area contributed by atoms with E-state index in [9.17, 15) is 9.59 Å². The first kappa shape index (κ1) is 22.2. The average Bonchev–Trinajstić information content (AvgIpc) is 3.31. The summed E-state index contributed by atoms with van der Waals surface area (Å²) in [4.78, 5) is 30.8. The first-order valence-corrected chi connectivity index (χ1v) is 11.3. The molecule has 174 valence electrons. The number of para-hydroxylation sites is 2. The lowest BCUT2D eigenvalue weighted by Gasteiger charge is -2.07. The number of nitrogens with one attached hydrogen (secondary N) is 1. The maximum atomic E-state index is 13.1. The number of nitrogens with zero attached hydrogens (tertiary/aromatic N) is 4. The van der Waals surface area contributed by atoms with Crippen LogP contribution >= 0.6 is 0 Å². The molecule has 5 rings (SSSR count). The standard InChI is InChI=1S/C28H25N5O2/c1-19-26(28(35)33(32(19)3)23-12-5-4-6-13-23)30-27(34)20-10-9-11-22(16-20)29-17-21-18-31(2)25-15-8-7-14-24(21)25/h4-18H,1-3H3,(H,30,34). The lowest BCUT2D eigenvalue weighted by Crippen LogP contribution is -2.22. The van der Waals surface area contributed by atoms with Gasteiger partial charge in [-0.1, -0.05) is 42.5 Å². The molecule has 1 N–H and O–H groups in total. The first-order chi connectivity index (χ1) is 16.9. The summed E-state index contributed by atoms with van der Waals surface area (Å²) in [6.07, 6.45) is 3.83. The van der Waals surface area contributed by atoms with E-state index in [1.54, 1.807) is 43.1 Å². The predicted molar refractivity (Wildman–Crippen MR) is 140 cm³/mol. The quantitative estimate of drug-likeness (QED) is 0.374. The molecule has 0 saturated carbocycles. The normalized spacial score (nSPS) is 11.4. The molecule has 7 nitrogen and oxygen atoms in total. The molecule has 7 heteroatoms. The topological polar surface area (TPSA) is 73.3 Å². The number of carbonyl (C=O) groups excluding carboxylic acids is 1. The van der Waals surface area contributed by atoms with E-state index in [1.165, 1.54) is 4.68 Å². The first-order valence-electron chi connectivity index (χ1n) is 11.3. The van der Waals surface area contributed by atoms with Gasteiger partial charge in [0, 0.05) is 48.5 Å². The molecule has 0 unspecified atom stereocenters.